The first-order valence-corrected chi connectivity index (χ1v) is 27.0. The minimum absolute atomic E-state index is 0.00172. The number of nitrogens with zero attached hydrogens (tertiary/aromatic N) is 6. The van der Waals surface area contributed by atoms with E-state index >= 15 is 4.39 Å². The van der Waals surface area contributed by atoms with Gasteiger partial charge in [0, 0.05) is 76.4 Å². The average molecular weight is 1140 g/mol. The number of piperidine rings is 1. The molecule has 25 heteroatoms. The Labute approximate surface area is 463 Å². The Morgan fingerprint density at radius 1 is 0.900 bits per heavy atom. The summed E-state index contributed by atoms with van der Waals surface area (Å²) >= 11 is 1.55. The molecule has 0 saturated carbocycles. The Bertz CT molecular complexity index is 2950. The van der Waals surface area contributed by atoms with Crippen molar-refractivity contribution in [2.24, 2.45) is 11.1 Å². The SMILES string of the molecule is Cc1ncsc1-c1ccc(CNC(=O)[C@@H]2C[C@@H](O)CN2C(=O)C(NC(=O)CCOCCC(=O)NCCCCn2cnc(-c3cnc(O[C@@H]4CCN(C(=O)Cc5ccc(OC(F)(F)F)cc5)C[C@H]4F)c(C(N)=O)c3)c2)C(C)(C)C)cc1. The predicted molar refractivity (Wildman–Crippen MR) is 285 cm³/mol. The number of aliphatic hydroxyl groups excluding tert-OH is 1. The monoisotopic (exact) mass is 1130 g/mol. The number of unbranched alkanes of at least 4 members (excludes halogenated alkanes) is 1. The zero-order chi connectivity index (χ0) is 57.7. The Kier molecular flexibility index (Phi) is 20.4. The molecule has 0 spiro atoms. The molecule has 2 aliphatic rings. The number of thiazole rings is 1. The van der Waals surface area contributed by atoms with Crippen molar-refractivity contribution in [1.82, 2.24) is 45.3 Å². The molecule has 20 nitrogen and oxygen atoms in total. The molecule has 3 aromatic heterocycles. The molecular weight excluding hydrogens is 1070 g/mol. The second-order valence-electron chi connectivity index (χ2n) is 20.7. The average Bonchev–Trinajstić information content (AvgIpc) is 4.20. The lowest BCUT2D eigenvalue weighted by Gasteiger charge is -2.35. The van der Waals surface area contributed by atoms with Gasteiger partial charge in [0.1, 0.15) is 29.5 Å². The number of likely N-dealkylation sites (tertiary alicyclic amines) is 2. The van der Waals surface area contributed by atoms with E-state index in [4.69, 9.17) is 15.2 Å². The van der Waals surface area contributed by atoms with Gasteiger partial charge in [-0.15, -0.1) is 24.5 Å². The highest BCUT2D eigenvalue weighted by molar-refractivity contribution is 7.13. The van der Waals surface area contributed by atoms with E-state index in [1.54, 1.807) is 50.1 Å². The standard InChI is InChI=1S/C55H66F4N10O10S/c1-33-48(80-32-65-33)36-11-7-35(8-12-36)26-62-51(75)43-25-38(70)28-69(43)53(76)49(54(2,3)4)66-46(72)17-22-77-21-16-45(71)61-18-5-6-19-67-30-42(64-31-67)37-24-40(50(60)74)52(63-27-37)78-44-15-20-68(29-41(44)56)47(73)23-34-9-13-39(14-10-34)79-55(57,58)59/h7-14,24,27,30-32,38,41,43-44,49,70H,5-6,15-23,25-26,28-29H2,1-4H3,(H2,60,74)(H,61,71)(H,62,75)(H,66,72)/t38-,41-,43+,44-,49?/m1/s1. The number of amides is 6. The molecular formula is C55H66F4N10O10S. The number of rotatable bonds is 24. The van der Waals surface area contributed by atoms with Crippen LogP contribution in [0.3, 0.4) is 0 Å². The Morgan fingerprint density at radius 3 is 2.27 bits per heavy atom. The lowest BCUT2D eigenvalue weighted by atomic mass is 9.85. The molecule has 2 aliphatic heterocycles. The van der Waals surface area contributed by atoms with Crippen LogP contribution in [0.4, 0.5) is 17.6 Å². The first kappa shape index (κ1) is 60.1. The number of pyridine rings is 1. The van der Waals surface area contributed by atoms with Gasteiger partial charge in [0.05, 0.1) is 60.4 Å². The highest BCUT2D eigenvalue weighted by atomic mass is 32.1. The van der Waals surface area contributed by atoms with Gasteiger partial charge in [0.15, 0.2) is 6.17 Å². The molecule has 6 N–H and O–H groups in total. The molecule has 0 bridgehead atoms. The third-order valence-electron chi connectivity index (χ3n) is 13.5. The van der Waals surface area contributed by atoms with Gasteiger partial charge in [-0.1, -0.05) is 57.2 Å². The van der Waals surface area contributed by atoms with E-state index in [0.29, 0.717) is 42.8 Å². The predicted octanol–water partition coefficient (Wildman–Crippen LogP) is 5.44. The molecule has 0 radical (unpaired) electrons. The Morgan fingerprint density at radius 2 is 1.61 bits per heavy atom. The van der Waals surface area contributed by atoms with Crippen molar-refractivity contribution in [1.29, 1.82) is 0 Å². The summed E-state index contributed by atoms with van der Waals surface area (Å²) in [7, 11) is 0. The fourth-order valence-electron chi connectivity index (χ4n) is 9.16. The van der Waals surface area contributed by atoms with Crippen molar-refractivity contribution in [3.63, 3.8) is 0 Å². The van der Waals surface area contributed by atoms with E-state index in [1.165, 1.54) is 34.2 Å². The second-order valence-corrected chi connectivity index (χ2v) is 21.6. The summed E-state index contributed by atoms with van der Waals surface area (Å²) < 4.78 is 70.0. The number of primary amides is 1. The largest absolute Gasteiger partial charge is 0.573 e. The third-order valence-corrected chi connectivity index (χ3v) is 14.5. The van der Waals surface area contributed by atoms with Crippen molar-refractivity contribution in [2.75, 3.05) is 39.4 Å². The number of aliphatic hydroxyl groups is 1. The van der Waals surface area contributed by atoms with E-state index < -0.39 is 77.5 Å². The van der Waals surface area contributed by atoms with Gasteiger partial charge in [-0.3, -0.25) is 28.8 Å². The number of carbonyl (C=O) groups excluding carboxylic acids is 6. The van der Waals surface area contributed by atoms with E-state index in [2.05, 4.69) is 35.6 Å². The number of aryl methyl sites for hydroxylation is 2. The molecule has 5 atom stereocenters. The van der Waals surface area contributed by atoms with Crippen molar-refractivity contribution < 1.29 is 65.6 Å². The van der Waals surface area contributed by atoms with Gasteiger partial charge in [-0.05, 0) is 60.1 Å². The number of nitrogens with one attached hydrogen (secondary N) is 3. The zero-order valence-electron chi connectivity index (χ0n) is 44.8. The number of imidazole rings is 1. The fraction of sp³-hybridized carbons (Fsp3) is 0.473. The van der Waals surface area contributed by atoms with Crippen LogP contribution in [0, 0.1) is 12.3 Å². The molecule has 2 saturated heterocycles. The molecule has 6 amide bonds. The molecule has 2 aromatic carbocycles. The van der Waals surface area contributed by atoms with Crippen molar-refractivity contribution in [3.05, 3.63) is 101 Å². The van der Waals surface area contributed by atoms with Crippen LogP contribution in [-0.4, -0.2) is 146 Å². The van der Waals surface area contributed by atoms with Gasteiger partial charge in [-0.25, -0.2) is 19.3 Å². The topological polar surface area (TPSA) is 263 Å². The summed E-state index contributed by atoms with van der Waals surface area (Å²) in [5.41, 5.74) is 10.8. The van der Waals surface area contributed by atoms with Crippen LogP contribution in [0.5, 0.6) is 11.6 Å². The van der Waals surface area contributed by atoms with Crippen molar-refractivity contribution >= 4 is 46.8 Å². The first-order valence-electron chi connectivity index (χ1n) is 26.2. The van der Waals surface area contributed by atoms with Crippen LogP contribution in [-0.2, 0) is 48.2 Å². The molecule has 5 heterocycles. The number of benzene rings is 2. The molecule has 5 aromatic rings. The summed E-state index contributed by atoms with van der Waals surface area (Å²) in [6.45, 7) is 8.33. The molecule has 2 fully saturated rings. The number of nitrogens with two attached hydrogens (primary N) is 1. The summed E-state index contributed by atoms with van der Waals surface area (Å²) in [6.07, 6.45) is -2.44. The lowest BCUT2D eigenvalue weighted by Crippen LogP contribution is -2.57. The smallest absolute Gasteiger partial charge is 0.471 e. The summed E-state index contributed by atoms with van der Waals surface area (Å²) in [5.74, 6) is -3.47. The van der Waals surface area contributed by atoms with Crippen LogP contribution >= 0.6 is 11.3 Å². The summed E-state index contributed by atoms with van der Waals surface area (Å²) in [5, 5.41) is 19.1. The molecule has 1 unspecified atom stereocenters. The van der Waals surface area contributed by atoms with Crippen LogP contribution < -0.4 is 31.2 Å². The van der Waals surface area contributed by atoms with Gasteiger partial charge >= 0.3 is 6.36 Å². The van der Waals surface area contributed by atoms with Gasteiger partial charge in [-0.2, -0.15) is 0 Å². The number of β-amino-alcohol motifs (C(OH)–C–C–N with tert-alkyl or cyclic N) is 1. The van der Waals surface area contributed by atoms with Crippen LogP contribution in [0.25, 0.3) is 21.7 Å². The maximum absolute atomic E-state index is 15.4. The van der Waals surface area contributed by atoms with E-state index in [0.717, 1.165) is 33.8 Å². The van der Waals surface area contributed by atoms with E-state index in [9.17, 15) is 47.0 Å². The molecule has 7 rings (SSSR count). The van der Waals surface area contributed by atoms with Crippen molar-refractivity contribution in [2.45, 2.75) is 123 Å². The maximum atomic E-state index is 15.4. The summed E-state index contributed by atoms with van der Waals surface area (Å²) in [4.78, 5) is 95.2. The number of ether oxygens (including phenoxy) is 3. The Hall–Kier alpha value is -7.51. The number of halogens is 4. The number of hydrogen-bond acceptors (Lipinski definition) is 14. The second kappa shape index (κ2) is 27.1. The molecule has 80 heavy (non-hydrogen) atoms. The number of alkyl halides is 4. The normalized spacial score (nSPS) is 17.9. The number of aromatic nitrogens is 4. The number of hydrogen-bond donors (Lipinski definition) is 5. The van der Waals surface area contributed by atoms with Gasteiger partial charge < -0.3 is 55.4 Å². The Balaban J connectivity index is 0.771. The highest BCUT2D eigenvalue weighted by Gasteiger charge is 2.44. The molecule has 430 valence electrons. The van der Waals surface area contributed by atoms with E-state index in [1.807, 2.05) is 35.8 Å². The minimum atomic E-state index is -4.85. The first-order chi connectivity index (χ1) is 38.0. The van der Waals surface area contributed by atoms with E-state index in [-0.39, 0.29) is 88.8 Å². The third kappa shape index (κ3) is 17.0. The quantitative estimate of drug-likeness (QED) is 0.0382. The van der Waals surface area contributed by atoms with Gasteiger partial charge in [0.2, 0.25) is 35.4 Å². The molecule has 0 aliphatic carbocycles. The van der Waals surface area contributed by atoms with Crippen LogP contribution in [0.2, 0.25) is 0 Å². The van der Waals surface area contributed by atoms with Crippen LogP contribution in [0.1, 0.15) is 86.5 Å². The highest BCUT2D eigenvalue weighted by Crippen LogP contribution is 2.31. The number of carbonyl (C=O) groups is 6. The minimum Gasteiger partial charge on any atom is -0.471 e. The summed E-state index contributed by atoms with van der Waals surface area (Å²) in [6, 6.07) is 12.1. The fourth-order valence-corrected chi connectivity index (χ4v) is 9.97. The van der Waals surface area contributed by atoms with Gasteiger partial charge in [0.25, 0.3) is 5.91 Å². The zero-order valence-corrected chi connectivity index (χ0v) is 45.6. The lowest BCUT2D eigenvalue weighted by molar-refractivity contribution is -0.274. The maximum Gasteiger partial charge on any atom is 0.573 e. The van der Waals surface area contributed by atoms with Crippen LogP contribution in [0.15, 0.2) is 78.8 Å². The van der Waals surface area contributed by atoms with Crippen molar-refractivity contribution in [3.8, 4) is 33.3 Å².